The zero-order valence-corrected chi connectivity index (χ0v) is 7.84. The van der Waals surface area contributed by atoms with Crippen LogP contribution in [0.3, 0.4) is 0 Å². The normalized spacial score (nSPS) is 15.5. The number of benzene rings is 1. The van der Waals surface area contributed by atoms with Crippen LogP contribution in [0.4, 0.5) is 5.69 Å². The molecule has 2 N–H and O–H groups in total. The van der Waals surface area contributed by atoms with Gasteiger partial charge in [0.25, 0.3) is 0 Å². The Morgan fingerprint density at radius 3 is 2.54 bits per heavy atom. The number of hydrazine groups is 2. The summed E-state index contributed by atoms with van der Waals surface area (Å²) < 4.78 is 0. The van der Waals surface area contributed by atoms with Crippen LogP contribution in [0.1, 0.15) is 5.56 Å². The van der Waals surface area contributed by atoms with Crippen molar-refractivity contribution >= 4 is 22.6 Å². The van der Waals surface area contributed by atoms with Gasteiger partial charge in [0.05, 0.1) is 5.69 Å². The number of hydrazone groups is 1. The van der Waals surface area contributed by atoms with E-state index in [1.54, 1.807) is 5.01 Å². The Hall–Kier alpha value is -1.26. The van der Waals surface area contributed by atoms with Crippen molar-refractivity contribution in [1.82, 2.24) is 11.1 Å². The van der Waals surface area contributed by atoms with Crippen LogP contribution in [0, 0.1) is 6.92 Å². The van der Waals surface area contributed by atoms with Gasteiger partial charge in [-0.15, -0.1) is 10.6 Å². The Kier molecular flexibility index (Phi) is 2.08. The van der Waals surface area contributed by atoms with E-state index in [-0.39, 0.29) is 0 Å². The average Bonchev–Trinajstić information content (AvgIpc) is 2.53. The molecule has 0 bridgehead atoms. The van der Waals surface area contributed by atoms with Gasteiger partial charge in [-0.25, -0.2) is 10.5 Å². The van der Waals surface area contributed by atoms with Gasteiger partial charge < -0.3 is 0 Å². The molecule has 0 atom stereocenters. The second kappa shape index (κ2) is 3.24. The highest BCUT2D eigenvalue weighted by Crippen LogP contribution is 2.15. The first kappa shape index (κ1) is 8.34. The van der Waals surface area contributed by atoms with Crippen molar-refractivity contribution in [3.05, 3.63) is 29.8 Å². The lowest BCUT2D eigenvalue weighted by atomic mass is 10.2. The van der Waals surface area contributed by atoms with E-state index in [1.165, 1.54) is 5.56 Å². The Labute approximate surface area is 81.1 Å². The molecule has 1 aromatic carbocycles. The second-order valence-electron chi connectivity index (χ2n) is 2.78. The van der Waals surface area contributed by atoms with Gasteiger partial charge in [-0.2, -0.15) is 0 Å². The molecule has 0 spiro atoms. The lowest BCUT2D eigenvalue weighted by Crippen LogP contribution is -2.39. The number of rotatable bonds is 1. The molecule has 0 aliphatic carbocycles. The minimum absolute atomic E-state index is 0.379. The Morgan fingerprint density at radius 2 is 2.00 bits per heavy atom. The van der Waals surface area contributed by atoms with Crippen molar-refractivity contribution < 1.29 is 0 Å². The fraction of sp³-hybridized carbons (Fsp3) is 0.125. The van der Waals surface area contributed by atoms with Gasteiger partial charge in [-0.1, -0.05) is 17.7 Å². The van der Waals surface area contributed by atoms with Crippen LogP contribution >= 0.6 is 11.6 Å². The molecular formula is C8H9ClN4. The Balaban J connectivity index is 2.26. The quantitative estimate of drug-likeness (QED) is 0.666. The van der Waals surface area contributed by atoms with Gasteiger partial charge in [0.1, 0.15) is 0 Å². The fourth-order valence-electron chi connectivity index (χ4n) is 1.08. The monoisotopic (exact) mass is 196 g/mol. The van der Waals surface area contributed by atoms with Crippen LogP contribution < -0.4 is 16.1 Å². The Morgan fingerprint density at radius 1 is 1.31 bits per heavy atom. The molecule has 0 saturated carbocycles. The van der Waals surface area contributed by atoms with Crippen molar-refractivity contribution in [3.63, 3.8) is 0 Å². The number of nitrogens with one attached hydrogen (secondary N) is 2. The molecule has 0 radical (unpaired) electrons. The number of hydrogen-bond acceptors (Lipinski definition) is 4. The second-order valence-corrected chi connectivity index (χ2v) is 3.11. The highest BCUT2D eigenvalue weighted by atomic mass is 35.5. The molecule has 1 aromatic rings. The van der Waals surface area contributed by atoms with Gasteiger partial charge >= 0.3 is 0 Å². The largest absolute Gasteiger partial charge is 0.238 e. The fourth-order valence-corrected chi connectivity index (χ4v) is 1.26. The summed E-state index contributed by atoms with van der Waals surface area (Å²) in [6.45, 7) is 2.04. The maximum absolute atomic E-state index is 5.80. The van der Waals surface area contributed by atoms with E-state index < -0.39 is 0 Å². The van der Waals surface area contributed by atoms with Crippen molar-refractivity contribution in [1.29, 1.82) is 0 Å². The summed E-state index contributed by atoms with van der Waals surface area (Å²) in [5.74, 6) is 0. The van der Waals surface area contributed by atoms with Crippen molar-refractivity contribution in [2.24, 2.45) is 5.10 Å². The third kappa shape index (κ3) is 1.59. The maximum Gasteiger partial charge on any atom is 0.238 e. The molecule has 0 unspecified atom stereocenters. The van der Waals surface area contributed by atoms with Gasteiger partial charge in [-0.3, -0.25) is 0 Å². The van der Waals surface area contributed by atoms with Gasteiger partial charge in [0.15, 0.2) is 0 Å². The lowest BCUT2D eigenvalue weighted by molar-refractivity contribution is 0.623. The molecule has 0 aromatic heterocycles. The maximum atomic E-state index is 5.80. The zero-order valence-electron chi connectivity index (χ0n) is 7.08. The predicted octanol–water partition coefficient (Wildman–Crippen LogP) is 1.33. The molecule has 1 heterocycles. The van der Waals surface area contributed by atoms with Gasteiger partial charge in [-0.05, 0) is 30.7 Å². The summed E-state index contributed by atoms with van der Waals surface area (Å²) in [5, 5.41) is 5.80. The van der Waals surface area contributed by atoms with Crippen LogP contribution in [0.2, 0.25) is 0 Å². The summed E-state index contributed by atoms with van der Waals surface area (Å²) in [5.41, 5.74) is 7.52. The topological polar surface area (TPSA) is 39.7 Å². The molecule has 2 rings (SSSR count). The number of amidine groups is 1. The minimum atomic E-state index is 0.379. The zero-order chi connectivity index (χ0) is 9.26. The molecule has 4 nitrogen and oxygen atoms in total. The number of hydrogen-bond donors (Lipinski definition) is 2. The van der Waals surface area contributed by atoms with Gasteiger partial charge in [0.2, 0.25) is 5.29 Å². The van der Waals surface area contributed by atoms with E-state index in [2.05, 4.69) is 16.2 Å². The van der Waals surface area contributed by atoms with Crippen molar-refractivity contribution in [3.8, 4) is 0 Å². The van der Waals surface area contributed by atoms with Crippen LogP contribution in [0.5, 0.6) is 0 Å². The van der Waals surface area contributed by atoms with Crippen molar-refractivity contribution in [2.75, 3.05) is 5.01 Å². The highest BCUT2D eigenvalue weighted by Gasteiger charge is 2.15. The first-order valence-electron chi connectivity index (χ1n) is 3.88. The summed E-state index contributed by atoms with van der Waals surface area (Å²) >= 11 is 5.80. The summed E-state index contributed by atoms with van der Waals surface area (Å²) in [4.78, 5) is 0. The SMILES string of the molecule is Cc1ccc(N2NNN=C2Cl)cc1. The number of anilines is 1. The summed E-state index contributed by atoms with van der Waals surface area (Å²) in [7, 11) is 0. The minimum Gasteiger partial charge on any atom is -0.229 e. The van der Waals surface area contributed by atoms with Crippen LogP contribution in [-0.2, 0) is 0 Å². The molecule has 13 heavy (non-hydrogen) atoms. The van der Waals surface area contributed by atoms with Gasteiger partial charge in [0, 0.05) is 0 Å². The third-order valence-electron chi connectivity index (χ3n) is 1.79. The molecule has 68 valence electrons. The molecule has 0 fully saturated rings. The summed E-state index contributed by atoms with van der Waals surface area (Å²) in [6, 6.07) is 7.96. The third-order valence-corrected chi connectivity index (χ3v) is 2.04. The van der Waals surface area contributed by atoms with Crippen LogP contribution in [0.25, 0.3) is 0 Å². The smallest absolute Gasteiger partial charge is 0.229 e. The van der Waals surface area contributed by atoms with E-state index in [9.17, 15) is 0 Å². The first-order valence-corrected chi connectivity index (χ1v) is 4.26. The predicted molar refractivity (Wildman–Crippen MR) is 53.2 cm³/mol. The molecule has 0 saturated heterocycles. The molecule has 1 aliphatic rings. The Bertz CT molecular complexity index is 333. The van der Waals surface area contributed by atoms with Crippen molar-refractivity contribution in [2.45, 2.75) is 6.92 Å². The van der Waals surface area contributed by atoms with E-state index in [0.717, 1.165) is 5.69 Å². The number of halogens is 1. The number of aryl methyl sites for hydroxylation is 1. The molecular weight excluding hydrogens is 188 g/mol. The first-order chi connectivity index (χ1) is 6.27. The van der Waals surface area contributed by atoms with Crippen LogP contribution in [0.15, 0.2) is 29.4 Å². The average molecular weight is 197 g/mol. The molecule has 5 heteroatoms. The van der Waals surface area contributed by atoms with E-state index in [1.807, 2.05) is 31.2 Å². The lowest BCUT2D eigenvalue weighted by Gasteiger charge is -2.15. The van der Waals surface area contributed by atoms with Crippen LogP contribution in [-0.4, -0.2) is 5.29 Å². The number of nitrogens with zero attached hydrogens (tertiary/aromatic N) is 2. The molecule has 1 aliphatic heterocycles. The van der Waals surface area contributed by atoms with E-state index in [4.69, 9.17) is 11.6 Å². The van der Waals surface area contributed by atoms with E-state index >= 15 is 0 Å². The summed E-state index contributed by atoms with van der Waals surface area (Å²) in [6.07, 6.45) is 0. The standard InChI is InChI=1S/C8H9ClN4/c1-6-2-4-7(5-3-6)13-8(9)10-11-12-13/h2-5,11-12H,1H3. The molecule has 0 amide bonds. The highest BCUT2D eigenvalue weighted by molar-refractivity contribution is 6.67. The van der Waals surface area contributed by atoms with E-state index in [0.29, 0.717) is 5.29 Å².